The van der Waals surface area contributed by atoms with Crippen LogP contribution in [0, 0.1) is 5.82 Å². The summed E-state index contributed by atoms with van der Waals surface area (Å²) in [5, 5.41) is 0. The molecule has 104 valence electrons. The van der Waals surface area contributed by atoms with Crippen LogP contribution in [0.15, 0.2) is 36.7 Å². The Morgan fingerprint density at radius 3 is 2.75 bits per heavy atom. The van der Waals surface area contributed by atoms with Crippen LogP contribution in [-0.2, 0) is 0 Å². The van der Waals surface area contributed by atoms with E-state index in [-0.39, 0.29) is 11.6 Å². The summed E-state index contributed by atoms with van der Waals surface area (Å²) in [4.78, 5) is 21.7. The van der Waals surface area contributed by atoms with Gasteiger partial charge in [-0.3, -0.25) is 4.79 Å². The Morgan fingerprint density at radius 1 is 1.40 bits per heavy atom. The van der Waals surface area contributed by atoms with E-state index in [0.29, 0.717) is 18.1 Å². The highest BCUT2D eigenvalue weighted by atomic mass is 19.1. The van der Waals surface area contributed by atoms with Crippen LogP contribution in [0.4, 0.5) is 15.9 Å². The van der Waals surface area contributed by atoms with Gasteiger partial charge in [0.25, 0.3) is 5.91 Å². The summed E-state index contributed by atoms with van der Waals surface area (Å²) in [6, 6.07) is 5.83. The molecule has 2 aromatic rings. The van der Waals surface area contributed by atoms with Gasteiger partial charge in [0, 0.05) is 12.2 Å². The first kappa shape index (κ1) is 13.9. The van der Waals surface area contributed by atoms with Gasteiger partial charge >= 0.3 is 0 Å². The molecule has 0 aliphatic heterocycles. The normalized spacial score (nSPS) is 10.2. The van der Waals surface area contributed by atoms with E-state index < -0.39 is 5.82 Å². The number of aromatic nitrogens is 2. The zero-order valence-corrected chi connectivity index (χ0v) is 10.9. The van der Waals surface area contributed by atoms with Gasteiger partial charge in [-0.05, 0) is 25.1 Å². The quantitative estimate of drug-likeness (QED) is 0.653. The molecule has 7 heteroatoms. The van der Waals surface area contributed by atoms with E-state index in [1.54, 1.807) is 19.1 Å². The molecular formula is C13H14FN5O. The molecule has 1 heterocycles. The van der Waals surface area contributed by atoms with Gasteiger partial charge in [0.1, 0.15) is 11.5 Å². The van der Waals surface area contributed by atoms with E-state index in [0.717, 1.165) is 0 Å². The second-order valence-electron chi connectivity index (χ2n) is 3.96. The molecule has 0 unspecified atom stereocenters. The predicted octanol–water partition coefficient (Wildman–Crippen LogP) is 1.57. The van der Waals surface area contributed by atoms with Gasteiger partial charge in [-0.2, -0.15) is 0 Å². The average molecular weight is 275 g/mol. The van der Waals surface area contributed by atoms with E-state index in [2.05, 4.69) is 15.4 Å². The number of nitrogens with zero attached hydrogens (tertiary/aromatic N) is 3. The Morgan fingerprint density at radius 2 is 2.20 bits per heavy atom. The predicted molar refractivity (Wildman–Crippen MR) is 73.6 cm³/mol. The summed E-state index contributed by atoms with van der Waals surface area (Å²) >= 11 is 0. The van der Waals surface area contributed by atoms with Crippen molar-refractivity contribution in [3.05, 3.63) is 48.2 Å². The number of anilines is 2. The summed E-state index contributed by atoms with van der Waals surface area (Å²) in [6.45, 7) is 2.19. The molecule has 0 saturated heterocycles. The van der Waals surface area contributed by atoms with Crippen molar-refractivity contribution in [2.24, 2.45) is 5.84 Å². The van der Waals surface area contributed by atoms with Crippen molar-refractivity contribution in [2.45, 2.75) is 6.92 Å². The number of halogens is 1. The molecule has 20 heavy (non-hydrogen) atoms. The Hall–Kier alpha value is -2.54. The zero-order chi connectivity index (χ0) is 14.5. The van der Waals surface area contributed by atoms with Crippen molar-refractivity contribution in [1.82, 2.24) is 9.97 Å². The third kappa shape index (κ3) is 2.89. The van der Waals surface area contributed by atoms with Gasteiger partial charge in [0.05, 0.1) is 12.4 Å². The largest absolute Gasteiger partial charge is 0.307 e. The van der Waals surface area contributed by atoms with Crippen molar-refractivity contribution in [3.63, 3.8) is 0 Å². The number of nitrogens with one attached hydrogen (secondary N) is 1. The molecule has 0 saturated carbocycles. The average Bonchev–Trinajstić information content (AvgIpc) is 2.48. The number of amides is 1. The molecule has 6 nitrogen and oxygen atoms in total. The number of benzene rings is 1. The molecule has 0 spiro atoms. The fourth-order valence-corrected chi connectivity index (χ4v) is 1.74. The van der Waals surface area contributed by atoms with Crippen LogP contribution in [0.25, 0.3) is 0 Å². The lowest BCUT2D eigenvalue weighted by Crippen LogP contribution is -2.31. The van der Waals surface area contributed by atoms with Crippen LogP contribution in [0.3, 0.4) is 0 Å². The number of carbonyl (C=O) groups excluding carboxylic acids is 1. The zero-order valence-electron chi connectivity index (χ0n) is 10.9. The van der Waals surface area contributed by atoms with E-state index in [1.807, 2.05) is 0 Å². The van der Waals surface area contributed by atoms with E-state index in [4.69, 9.17) is 5.84 Å². The number of rotatable bonds is 4. The molecule has 3 N–H and O–H groups in total. The smallest absolute Gasteiger partial charge is 0.278 e. The number of hydrogen-bond acceptors (Lipinski definition) is 5. The van der Waals surface area contributed by atoms with E-state index >= 15 is 0 Å². The Bertz CT molecular complexity index is 602. The minimum atomic E-state index is -0.400. The maximum Gasteiger partial charge on any atom is 0.278 e. The summed E-state index contributed by atoms with van der Waals surface area (Å²) < 4.78 is 13.2. The summed E-state index contributed by atoms with van der Waals surface area (Å²) in [5.74, 6) is 4.78. The monoisotopic (exact) mass is 275 g/mol. The minimum Gasteiger partial charge on any atom is -0.307 e. The third-order valence-electron chi connectivity index (χ3n) is 2.70. The first-order valence-electron chi connectivity index (χ1n) is 6.01. The summed E-state index contributed by atoms with van der Waals surface area (Å²) in [5.41, 5.74) is 2.96. The number of nitrogens with two attached hydrogens (primary N) is 1. The van der Waals surface area contributed by atoms with Gasteiger partial charge < -0.3 is 10.3 Å². The lowest BCUT2D eigenvalue weighted by atomic mass is 10.2. The molecule has 0 bridgehead atoms. The van der Waals surface area contributed by atoms with Crippen molar-refractivity contribution >= 4 is 17.4 Å². The molecule has 2 rings (SSSR count). The number of hydrogen-bond donors (Lipinski definition) is 2. The van der Waals surface area contributed by atoms with E-state index in [9.17, 15) is 9.18 Å². The Labute approximate surface area is 115 Å². The van der Waals surface area contributed by atoms with Crippen molar-refractivity contribution in [1.29, 1.82) is 0 Å². The first-order chi connectivity index (χ1) is 9.65. The van der Waals surface area contributed by atoms with Gasteiger partial charge in [-0.15, -0.1) is 0 Å². The molecule has 0 aliphatic rings. The Kier molecular flexibility index (Phi) is 4.21. The molecule has 0 aliphatic carbocycles. The lowest BCUT2D eigenvalue weighted by Gasteiger charge is -2.20. The molecule has 0 fully saturated rings. The van der Waals surface area contributed by atoms with Crippen molar-refractivity contribution in [3.8, 4) is 0 Å². The third-order valence-corrected chi connectivity index (χ3v) is 2.70. The van der Waals surface area contributed by atoms with Crippen molar-refractivity contribution < 1.29 is 9.18 Å². The van der Waals surface area contributed by atoms with E-state index in [1.165, 1.54) is 29.4 Å². The van der Waals surface area contributed by atoms with Crippen LogP contribution in [-0.4, -0.2) is 22.4 Å². The number of carbonyl (C=O) groups is 1. The van der Waals surface area contributed by atoms with Crippen LogP contribution < -0.4 is 16.2 Å². The summed E-state index contributed by atoms with van der Waals surface area (Å²) in [6.07, 6.45) is 2.67. The number of hydrazine groups is 1. The number of nitrogen functional groups attached to an aromatic ring is 1. The second kappa shape index (κ2) is 6.07. The molecule has 1 aromatic heterocycles. The van der Waals surface area contributed by atoms with Gasteiger partial charge in [0.2, 0.25) is 0 Å². The van der Waals surface area contributed by atoms with Crippen LogP contribution in [0.5, 0.6) is 0 Å². The highest BCUT2D eigenvalue weighted by Crippen LogP contribution is 2.17. The summed E-state index contributed by atoms with van der Waals surface area (Å²) in [7, 11) is 0. The second-order valence-corrected chi connectivity index (χ2v) is 3.96. The standard InChI is InChI=1S/C13H14FN5O/c1-2-19(10-5-3-4-9(14)6-10)13(20)11-7-17-12(18-15)8-16-11/h3-8H,2,15H2,1H3,(H,17,18). The van der Waals surface area contributed by atoms with Crippen LogP contribution in [0.2, 0.25) is 0 Å². The topological polar surface area (TPSA) is 84.1 Å². The highest BCUT2D eigenvalue weighted by Gasteiger charge is 2.18. The van der Waals surface area contributed by atoms with Gasteiger partial charge in [-0.25, -0.2) is 20.2 Å². The molecule has 1 aromatic carbocycles. The van der Waals surface area contributed by atoms with Gasteiger partial charge in [0.15, 0.2) is 5.82 Å². The lowest BCUT2D eigenvalue weighted by molar-refractivity contribution is 0.0983. The maximum absolute atomic E-state index is 13.2. The van der Waals surface area contributed by atoms with Crippen molar-refractivity contribution in [2.75, 3.05) is 16.9 Å². The molecule has 0 atom stereocenters. The minimum absolute atomic E-state index is 0.162. The fourth-order valence-electron chi connectivity index (χ4n) is 1.74. The highest BCUT2D eigenvalue weighted by molar-refractivity contribution is 6.04. The maximum atomic E-state index is 13.2. The van der Waals surface area contributed by atoms with Gasteiger partial charge in [-0.1, -0.05) is 6.07 Å². The molecular weight excluding hydrogens is 261 g/mol. The Balaban J connectivity index is 2.28. The molecule has 0 radical (unpaired) electrons. The first-order valence-corrected chi connectivity index (χ1v) is 6.01. The fraction of sp³-hybridized carbons (Fsp3) is 0.154. The van der Waals surface area contributed by atoms with Crippen LogP contribution >= 0.6 is 0 Å². The van der Waals surface area contributed by atoms with Crippen LogP contribution in [0.1, 0.15) is 17.4 Å². The SMILES string of the molecule is CCN(C(=O)c1cnc(NN)cn1)c1cccc(F)c1. The molecule has 1 amide bonds.